The Labute approximate surface area is 422 Å². The summed E-state index contributed by atoms with van der Waals surface area (Å²) in [4.78, 5) is 80.6. The molecule has 6 heterocycles. The van der Waals surface area contributed by atoms with Gasteiger partial charge in [-0.1, -0.05) is 45.7 Å². The van der Waals surface area contributed by atoms with Crippen LogP contribution in [0.4, 0.5) is 0 Å². The standard InChI is InChI=1S/C55H70N8O9/c1-10-62-46-16-15-36-27-41(46)42(49(62)40-13-11-20-56-45(40)30-70-9)28-54(4,5)31-72-53(69)43-14-12-21-63(58-43)52(68)44(25-35-23-38(36)26-39(64)24-35)57-50(66)48(34(2)3)60(8)51(67)37-18-22-61(29-37)47(65)17-19-55(59(6)7)32-71-33-55/h11,13,15-16,20,23-24,26-27,34,37,43-44,48,58,64H,10,12,14,18,21-22,25,28-33H2,1-9H3,(H,57,66)/t37-,43-,44-,48-/m0/s1. The number of aromatic nitrogens is 2. The van der Waals surface area contributed by atoms with Gasteiger partial charge in [-0.2, -0.15) is 0 Å². The first kappa shape index (κ1) is 52.0. The van der Waals surface area contributed by atoms with Crippen LogP contribution in [0.2, 0.25) is 0 Å². The number of phenolic OH excluding ortho intramolecular Hbond substituents is 1. The van der Waals surface area contributed by atoms with Crippen LogP contribution in [0.3, 0.4) is 0 Å². The summed E-state index contributed by atoms with van der Waals surface area (Å²) in [5, 5.41) is 16.8. The van der Waals surface area contributed by atoms with Crippen molar-refractivity contribution in [3.8, 4) is 40.0 Å². The number of hydrogen-bond donors (Lipinski definition) is 3. The topological polar surface area (TPSA) is 188 Å². The third-order valence-electron chi connectivity index (χ3n) is 14.7. The van der Waals surface area contributed by atoms with E-state index in [1.165, 1.54) is 9.91 Å². The van der Waals surface area contributed by atoms with E-state index in [0.29, 0.717) is 69.7 Å². The van der Waals surface area contributed by atoms with Crippen molar-refractivity contribution in [1.82, 2.24) is 40.0 Å². The maximum absolute atomic E-state index is 14.8. The maximum atomic E-state index is 14.8. The molecule has 0 radical (unpaired) electrons. The van der Waals surface area contributed by atoms with Crippen molar-refractivity contribution in [3.05, 3.63) is 71.5 Å². The lowest BCUT2D eigenvalue weighted by molar-refractivity contribution is -0.155. The molecule has 0 spiro atoms. The van der Waals surface area contributed by atoms with E-state index >= 15 is 0 Å². The zero-order valence-corrected chi connectivity index (χ0v) is 43.2. The predicted octanol–water partition coefficient (Wildman–Crippen LogP) is 4.56. The van der Waals surface area contributed by atoms with Gasteiger partial charge < -0.3 is 39.0 Å². The Morgan fingerprint density at radius 1 is 1.03 bits per heavy atom. The number of rotatable bonds is 10. The second kappa shape index (κ2) is 21.4. The molecule has 3 saturated heterocycles. The third-order valence-corrected chi connectivity index (χ3v) is 14.7. The number of pyridine rings is 1. The lowest BCUT2D eigenvalue weighted by atomic mass is 9.84. The number of nitrogens with zero attached hydrogens (tertiary/aromatic N) is 6. The number of esters is 1. The number of likely N-dealkylation sites (tertiary alicyclic amines) is 1. The Hall–Kier alpha value is -6.32. The zero-order valence-electron chi connectivity index (χ0n) is 43.2. The van der Waals surface area contributed by atoms with Gasteiger partial charge in [0, 0.05) is 74.8 Å². The highest BCUT2D eigenvalue weighted by Crippen LogP contribution is 2.41. The predicted molar refractivity (Wildman–Crippen MR) is 272 cm³/mol. The number of aromatic hydroxyl groups is 1. The third kappa shape index (κ3) is 10.7. The average Bonchev–Trinajstić information content (AvgIpc) is 3.95. The van der Waals surface area contributed by atoms with Gasteiger partial charge in [0.2, 0.25) is 11.8 Å². The van der Waals surface area contributed by atoms with Gasteiger partial charge in [0.15, 0.2) is 0 Å². The first-order chi connectivity index (χ1) is 34.3. The van der Waals surface area contributed by atoms with E-state index in [4.69, 9.17) is 19.2 Å². The molecule has 3 fully saturated rings. The average molecular weight is 987 g/mol. The minimum absolute atomic E-state index is 0.0177. The van der Waals surface area contributed by atoms with Gasteiger partial charge >= 0.3 is 5.97 Å². The normalized spacial score (nSPS) is 21.3. The molecule has 2 aromatic carbocycles. The molecule has 3 N–H and O–H groups in total. The molecule has 4 aliphatic rings. The molecule has 0 unspecified atom stereocenters. The second-order valence-corrected chi connectivity index (χ2v) is 21.2. The molecule has 4 amide bonds. The maximum Gasteiger partial charge on any atom is 0.324 e. The molecule has 0 saturated carbocycles. The number of cyclic esters (lactones) is 1. The minimum atomic E-state index is -1.18. The minimum Gasteiger partial charge on any atom is -0.508 e. The molecule has 6 bridgehead atoms. The Balaban J connectivity index is 1.12. The number of methoxy groups -OCH3 is 1. The van der Waals surface area contributed by atoms with Crippen LogP contribution in [0.25, 0.3) is 33.3 Å². The summed E-state index contributed by atoms with van der Waals surface area (Å²) in [5.41, 5.74) is 8.98. The number of ether oxygens (including phenoxy) is 3. The van der Waals surface area contributed by atoms with Crippen molar-refractivity contribution in [2.75, 3.05) is 67.7 Å². The molecule has 2 aromatic heterocycles. The van der Waals surface area contributed by atoms with E-state index < -0.39 is 52.8 Å². The quantitative estimate of drug-likeness (QED) is 0.149. The van der Waals surface area contributed by atoms with E-state index in [1.807, 2.05) is 51.0 Å². The van der Waals surface area contributed by atoms with Gasteiger partial charge in [0.25, 0.3) is 11.8 Å². The van der Waals surface area contributed by atoms with Crippen molar-refractivity contribution >= 4 is 40.5 Å². The number of fused-ring (bicyclic) bond motifs is 6. The van der Waals surface area contributed by atoms with E-state index in [9.17, 15) is 29.1 Å². The van der Waals surface area contributed by atoms with Crippen LogP contribution < -0.4 is 10.7 Å². The Morgan fingerprint density at radius 2 is 1.81 bits per heavy atom. The SMILES string of the molecule is CCn1c(-c2cccnc2COC)c2c3cc(ccc31)-c1cc(O)cc(c1)C[C@H](NC(=O)[C@H](C(C)C)N(C)C(=O)[C@H]1CCN(C(=O)C#CC3(N(C)C)COC3)C1)C(=O)N1CCC[C@H](N1)C(=O)OCC(C)(C)C2. The molecule has 8 rings (SSSR count). The number of carbonyl (C=O) groups excluding carboxylic acids is 5. The molecule has 4 aromatic rings. The summed E-state index contributed by atoms with van der Waals surface area (Å²) < 4.78 is 19.4. The van der Waals surface area contributed by atoms with Crippen LogP contribution in [-0.4, -0.2) is 155 Å². The number of nitrogens with one attached hydrogen (secondary N) is 2. The molecule has 17 nitrogen and oxygen atoms in total. The van der Waals surface area contributed by atoms with Crippen molar-refractivity contribution < 1.29 is 43.3 Å². The lowest BCUT2D eigenvalue weighted by Gasteiger charge is -2.42. The lowest BCUT2D eigenvalue weighted by Crippen LogP contribution is -2.62. The number of hydrazine groups is 1. The largest absolute Gasteiger partial charge is 0.508 e. The Bertz CT molecular complexity index is 2790. The van der Waals surface area contributed by atoms with E-state index in [2.05, 4.69) is 66.1 Å². The van der Waals surface area contributed by atoms with Crippen LogP contribution in [0.15, 0.2) is 54.7 Å². The van der Waals surface area contributed by atoms with Gasteiger partial charge in [-0.05, 0) is 117 Å². The summed E-state index contributed by atoms with van der Waals surface area (Å²) >= 11 is 0. The number of benzene rings is 2. The van der Waals surface area contributed by atoms with Crippen LogP contribution >= 0.6 is 0 Å². The molecule has 0 aliphatic carbocycles. The number of carbonyl (C=O) groups is 5. The first-order valence-corrected chi connectivity index (χ1v) is 25.1. The van der Waals surface area contributed by atoms with Crippen LogP contribution in [0.5, 0.6) is 5.75 Å². The summed E-state index contributed by atoms with van der Waals surface area (Å²) in [6, 6.07) is 12.4. The number of phenols is 1. The summed E-state index contributed by atoms with van der Waals surface area (Å²) in [6.45, 7) is 12.6. The van der Waals surface area contributed by atoms with Crippen LogP contribution in [0, 0.1) is 29.1 Å². The number of likely N-dealkylation sites (N-methyl/N-ethyl adjacent to an activating group) is 2. The highest BCUT2D eigenvalue weighted by Gasteiger charge is 2.42. The molecule has 4 aliphatic heterocycles. The molecule has 384 valence electrons. The van der Waals surface area contributed by atoms with E-state index in [1.54, 1.807) is 37.4 Å². The summed E-state index contributed by atoms with van der Waals surface area (Å²) in [5.74, 6) is 2.74. The van der Waals surface area contributed by atoms with Gasteiger partial charge in [0.1, 0.15) is 29.4 Å². The van der Waals surface area contributed by atoms with E-state index in [-0.39, 0.29) is 49.6 Å². The number of hydrogen-bond acceptors (Lipinski definition) is 12. The Kier molecular flexibility index (Phi) is 15.5. The fraction of sp³-hybridized carbons (Fsp3) is 0.527. The smallest absolute Gasteiger partial charge is 0.324 e. The monoisotopic (exact) mass is 987 g/mol. The molecule has 17 heteroatoms. The fourth-order valence-corrected chi connectivity index (χ4v) is 10.7. The summed E-state index contributed by atoms with van der Waals surface area (Å²) in [7, 11) is 7.03. The van der Waals surface area contributed by atoms with Crippen molar-refractivity contribution in [1.29, 1.82) is 0 Å². The van der Waals surface area contributed by atoms with Gasteiger partial charge in [-0.3, -0.25) is 38.9 Å². The highest BCUT2D eigenvalue weighted by molar-refractivity contribution is 5.97. The second-order valence-electron chi connectivity index (χ2n) is 21.2. The molecular formula is C55H70N8O9. The molecule has 72 heavy (non-hydrogen) atoms. The van der Waals surface area contributed by atoms with Gasteiger partial charge in [-0.25, -0.2) is 5.43 Å². The molecule has 4 atom stereocenters. The van der Waals surface area contributed by atoms with Gasteiger partial charge in [-0.15, -0.1) is 0 Å². The van der Waals surface area contributed by atoms with Crippen LogP contribution in [-0.2, 0) is 64.2 Å². The zero-order chi connectivity index (χ0) is 51.6. The van der Waals surface area contributed by atoms with Gasteiger partial charge in [0.05, 0.1) is 43.7 Å². The summed E-state index contributed by atoms with van der Waals surface area (Å²) in [6.07, 6.45) is 3.62. The fourth-order valence-electron chi connectivity index (χ4n) is 10.7. The highest BCUT2D eigenvalue weighted by atomic mass is 16.5. The van der Waals surface area contributed by atoms with E-state index in [0.717, 1.165) is 39.0 Å². The molecular weight excluding hydrogens is 917 g/mol. The van der Waals surface area contributed by atoms with Crippen molar-refractivity contribution in [2.24, 2.45) is 17.3 Å². The van der Waals surface area contributed by atoms with Crippen molar-refractivity contribution in [3.63, 3.8) is 0 Å². The first-order valence-electron chi connectivity index (χ1n) is 25.1. The van der Waals surface area contributed by atoms with Crippen molar-refractivity contribution in [2.45, 2.75) is 104 Å². The Morgan fingerprint density at radius 3 is 2.50 bits per heavy atom. The number of aryl methyl sites for hydroxylation is 1. The van der Waals surface area contributed by atoms with Crippen LogP contribution in [0.1, 0.15) is 70.7 Å². The number of amides is 4.